The van der Waals surface area contributed by atoms with Crippen LogP contribution in [0.25, 0.3) is 0 Å². The van der Waals surface area contributed by atoms with Gasteiger partial charge in [-0.15, -0.1) is 0 Å². The third-order valence-electron chi connectivity index (χ3n) is 2.76. The highest BCUT2D eigenvalue weighted by Crippen LogP contribution is 2.34. The van der Waals surface area contributed by atoms with Gasteiger partial charge in [-0.25, -0.2) is 0 Å². The Morgan fingerprint density at radius 1 is 1.46 bits per heavy atom. The van der Waals surface area contributed by atoms with Gasteiger partial charge in [-0.05, 0) is 12.5 Å². The molecule has 1 heterocycles. The summed E-state index contributed by atoms with van der Waals surface area (Å²) < 4.78 is 0. The maximum Gasteiger partial charge on any atom is 0.0852 e. The number of nitrogens with one attached hydrogen (secondary N) is 1. The summed E-state index contributed by atoms with van der Waals surface area (Å²) in [5.41, 5.74) is 3.37. The fraction of sp³-hybridized carbons (Fsp3) is 0.455. The minimum atomic E-state index is -0.309. The van der Waals surface area contributed by atoms with Crippen molar-refractivity contribution in [3.63, 3.8) is 0 Å². The number of hydrogen-bond acceptors (Lipinski definition) is 2. The Balaban J connectivity index is 2.49. The Labute approximate surface area is 78.6 Å². The molecule has 2 nitrogen and oxygen atoms in total. The van der Waals surface area contributed by atoms with Crippen molar-refractivity contribution < 1.29 is 5.11 Å². The molecule has 0 aliphatic carbocycles. The Morgan fingerprint density at radius 3 is 3.00 bits per heavy atom. The van der Waals surface area contributed by atoms with E-state index in [0.717, 1.165) is 17.8 Å². The Morgan fingerprint density at radius 2 is 2.23 bits per heavy atom. The van der Waals surface area contributed by atoms with Crippen molar-refractivity contribution in [2.24, 2.45) is 5.92 Å². The van der Waals surface area contributed by atoms with E-state index < -0.39 is 0 Å². The van der Waals surface area contributed by atoms with E-state index in [0.29, 0.717) is 5.92 Å². The molecule has 1 aliphatic rings. The first-order valence-electron chi connectivity index (χ1n) is 4.71. The maximum absolute atomic E-state index is 9.91. The molecule has 70 valence electrons. The van der Waals surface area contributed by atoms with Crippen LogP contribution in [0.4, 0.5) is 5.69 Å². The lowest BCUT2D eigenvalue weighted by Gasteiger charge is -2.29. The topological polar surface area (TPSA) is 32.3 Å². The van der Waals surface area contributed by atoms with Gasteiger partial charge in [-0.3, -0.25) is 0 Å². The molecule has 0 bridgehead atoms. The lowest BCUT2D eigenvalue weighted by molar-refractivity contribution is 0.120. The van der Waals surface area contributed by atoms with Crippen LogP contribution in [0.1, 0.15) is 24.2 Å². The fourth-order valence-electron chi connectivity index (χ4n) is 1.86. The quantitative estimate of drug-likeness (QED) is 0.636. The smallest absolute Gasteiger partial charge is 0.0852 e. The average molecular weight is 177 g/mol. The van der Waals surface area contributed by atoms with Gasteiger partial charge in [0.05, 0.1) is 6.10 Å². The molecule has 2 atom stereocenters. The molecule has 0 aromatic heterocycles. The summed E-state index contributed by atoms with van der Waals surface area (Å²) in [5, 5.41) is 13.3. The van der Waals surface area contributed by atoms with Crippen LogP contribution in [0.5, 0.6) is 0 Å². The molecule has 0 saturated heterocycles. The molecule has 0 saturated carbocycles. The molecule has 0 fully saturated rings. The van der Waals surface area contributed by atoms with Crippen LogP contribution in [0.2, 0.25) is 0 Å². The highest BCUT2D eigenvalue weighted by molar-refractivity contribution is 5.59. The Bertz CT molecular complexity index is 322. The van der Waals surface area contributed by atoms with Crippen molar-refractivity contribution in [1.82, 2.24) is 0 Å². The fourth-order valence-corrected chi connectivity index (χ4v) is 1.86. The van der Waals surface area contributed by atoms with Gasteiger partial charge in [0.25, 0.3) is 0 Å². The molecule has 0 amide bonds. The third-order valence-corrected chi connectivity index (χ3v) is 2.76. The molecule has 2 heteroatoms. The number of aryl methyl sites for hydroxylation is 1. The first-order valence-corrected chi connectivity index (χ1v) is 4.71. The van der Waals surface area contributed by atoms with Gasteiger partial charge in [0.15, 0.2) is 0 Å². The van der Waals surface area contributed by atoms with Gasteiger partial charge >= 0.3 is 0 Å². The van der Waals surface area contributed by atoms with Crippen LogP contribution in [0.15, 0.2) is 18.2 Å². The van der Waals surface area contributed by atoms with Gasteiger partial charge in [0, 0.05) is 23.7 Å². The average Bonchev–Trinajstić information content (AvgIpc) is 2.12. The van der Waals surface area contributed by atoms with E-state index in [1.165, 1.54) is 5.56 Å². The van der Waals surface area contributed by atoms with Crippen LogP contribution in [0.3, 0.4) is 0 Å². The van der Waals surface area contributed by atoms with Crippen LogP contribution in [0, 0.1) is 12.8 Å². The number of rotatable bonds is 0. The van der Waals surface area contributed by atoms with Gasteiger partial charge in [0.2, 0.25) is 0 Å². The van der Waals surface area contributed by atoms with Crippen molar-refractivity contribution in [2.75, 3.05) is 11.9 Å². The minimum absolute atomic E-state index is 0.300. The molecule has 0 spiro atoms. The van der Waals surface area contributed by atoms with E-state index in [1.807, 2.05) is 12.1 Å². The summed E-state index contributed by atoms with van der Waals surface area (Å²) in [7, 11) is 0. The molecular weight excluding hydrogens is 162 g/mol. The molecule has 1 aliphatic heterocycles. The second-order valence-electron chi connectivity index (χ2n) is 3.84. The molecule has 1 aromatic rings. The second-order valence-corrected chi connectivity index (χ2v) is 3.84. The van der Waals surface area contributed by atoms with Crippen molar-refractivity contribution in [2.45, 2.75) is 20.0 Å². The van der Waals surface area contributed by atoms with Crippen LogP contribution in [-0.4, -0.2) is 11.7 Å². The van der Waals surface area contributed by atoms with Crippen LogP contribution in [-0.2, 0) is 0 Å². The molecule has 2 unspecified atom stereocenters. The first-order chi connectivity index (χ1) is 6.20. The van der Waals surface area contributed by atoms with E-state index in [2.05, 4.69) is 25.2 Å². The number of para-hydroxylation sites is 1. The van der Waals surface area contributed by atoms with Crippen LogP contribution < -0.4 is 5.32 Å². The molecule has 2 N–H and O–H groups in total. The zero-order valence-electron chi connectivity index (χ0n) is 8.04. The predicted molar refractivity (Wildman–Crippen MR) is 53.8 cm³/mol. The monoisotopic (exact) mass is 177 g/mol. The van der Waals surface area contributed by atoms with Gasteiger partial charge in [-0.1, -0.05) is 25.1 Å². The molecule has 2 rings (SSSR count). The number of benzene rings is 1. The molecule has 0 radical (unpaired) electrons. The van der Waals surface area contributed by atoms with Gasteiger partial charge in [0.1, 0.15) is 0 Å². The number of anilines is 1. The summed E-state index contributed by atoms with van der Waals surface area (Å²) in [5.74, 6) is 0.300. The van der Waals surface area contributed by atoms with E-state index in [-0.39, 0.29) is 6.10 Å². The van der Waals surface area contributed by atoms with Crippen molar-refractivity contribution >= 4 is 5.69 Å². The summed E-state index contributed by atoms with van der Waals surface area (Å²) >= 11 is 0. The van der Waals surface area contributed by atoms with E-state index >= 15 is 0 Å². The molecular formula is C11H15NO. The van der Waals surface area contributed by atoms with Gasteiger partial charge in [-0.2, -0.15) is 0 Å². The summed E-state index contributed by atoms with van der Waals surface area (Å²) in [6.45, 7) is 4.98. The zero-order valence-corrected chi connectivity index (χ0v) is 8.04. The number of hydrogen-bond donors (Lipinski definition) is 2. The van der Waals surface area contributed by atoms with Crippen LogP contribution >= 0.6 is 0 Å². The van der Waals surface area contributed by atoms with Crippen molar-refractivity contribution in [3.8, 4) is 0 Å². The number of aliphatic hydroxyl groups excluding tert-OH is 1. The van der Waals surface area contributed by atoms with E-state index in [1.54, 1.807) is 0 Å². The number of fused-ring (bicyclic) bond motifs is 1. The third kappa shape index (κ3) is 1.31. The normalized spacial score (nSPS) is 26.4. The summed E-state index contributed by atoms with van der Waals surface area (Å²) in [6.07, 6.45) is -0.309. The standard InChI is InChI=1S/C11H15NO/c1-7-4-3-5-9-10(7)12-6-8(2)11(9)13/h3-5,8,11-13H,6H2,1-2H3. The Kier molecular flexibility index (Phi) is 2.00. The minimum Gasteiger partial charge on any atom is -0.388 e. The predicted octanol–water partition coefficient (Wildman–Crippen LogP) is 2.09. The van der Waals surface area contributed by atoms with Crippen molar-refractivity contribution in [1.29, 1.82) is 0 Å². The first kappa shape index (κ1) is 8.57. The lowest BCUT2D eigenvalue weighted by Crippen LogP contribution is -2.25. The highest BCUT2D eigenvalue weighted by Gasteiger charge is 2.24. The maximum atomic E-state index is 9.91. The Hall–Kier alpha value is -1.02. The lowest BCUT2D eigenvalue weighted by atomic mass is 9.90. The summed E-state index contributed by atoms with van der Waals surface area (Å²) in [4.78, 5) is 0. The summed E-state index contributed by atoms with van der Waals surface area (Å²) in [6, 6.07) is 6.06. The SMILES string of the molecule is Cc1cccc2c1NCC(C)C2O. The second kappa shape index (κ2) is 3.04. The van der Waals surface area contributed by atoms with E-state index in [9.17, 15) is 5.11 Å². The van der Waals surface area contributed by atoms with Gasteiger partial charge < -0.3 is 10.4 Å². The van der Waals surface area contributed by atoms with Crippen molar-refractivity contribution in [3.05, 3.63) is 29.3 Å². The number of aliphatic hydroxyl groups is 1. The van der Waals surface area contributed by atoms with E-state index in [4.69, 9.17) is 0 Å². The molecule has 1 aromatic carbocycles. The largest absolute Gasteiger partial charge is 0.388 e. The highest BCUT2D eigenvalue weighted by atomic mass is 16.3. The molecule has 13 heavy (non-hydrogen) atoms. The zero-order chi connectivity index (χ0) is 9.42.